The molecule has 0 atom stereocenters. The number of benzene rings is 2. The first-order valence-electron chi connectivity index (χ1n) is 9.89. The summed E-state index contributed by atoms with van der Waals surface area (Å²) in [7, 11) is 1.80. The van der Waals surface area contributed by atoms with E-state index in [1.165, 1.54) is 22.8 Å². The van der Waals surface area contributed by atoms with Gasteiger partial charge in [0.25, 0.3) is 0 Å². The summed E-state index contributed by atoms with van der Waals surface area (Å²) in [5.41, 5.74) is 7.54. The first-order chi connectivity index (χ1) is 15.0. The van der Waals surface area contributed by atoms with Gasteiger partial charge >= 0.3 is 5.69 Å². The first kappa shape index (κ1) is 21.8. The summed E-state index contributed by atoms with van der Waals surface area (Å²) in [5, 5.41) is 7.57. The van der Waals surface area contributed by atoms with Crippen molar-refractivity contribution >= 4 is 34.2 Å². The number of hydrogen-bond acceptors (Lipinski definition) is 3. The molecule has 166 valence electrons. The Balaban J connectivity index is 0.00000245. The summed E-state index contributed by atoms with van der Waals surface area (Å²) < 4.78 is 33.9. The van der Waals surface area contributed by atoms with Crippen molar-refractivity contribution < 1.29 is 8.78 Å². The van der Waals surface area contributed by atoms with Crippen LogP contribution in [0, 0.1) is 11.6 Å². The predicted molar refractivity (Wildman–Crippen MR) is 122 cm³/mol. The van der Waals surface area contributed by atoms with E-state index in [4.69, 9.17) is 5.73 Å². The van der Waals surface area contributed by atoms with Crippen LogP contribution in [-0.4, -0.2) is 30.4 Å². The summed E-state index contributed by atoms with van der Waals surface area (Å²) in [4.78, 5) is 12.8. The van der Waals surface area contributed by atoms with Gasteiger partial charge in [0.1, 0.15) is 11.6 Å². The summed E-state index contributed by atoms with van der Waals surface area (Å²) >= 11 is 0. The van der Waals surface area contributed by atoms with Gasteiger partial charge in [-0.25, -0.2) is 23.2 Å². The Bertz CT molecular complexity index is 1500. The van der Waals surface area contributed by atoms with Crippen LogP contribution in [0.25, 0.3) is 38.9 Å². The molecule has 0 saturated heterocycles. The van der Waals surface area contributed by atoms with Gasteiger partial charge in [-0.05, 0) is 43.3 Å². The topological polar surface area (TPSA) is 86.6 Å². The fourth-order valence-corrected chi connectivity index (χ4v) is 4.15. The van der Waals surface area contributed by atoms with Gasteiger partial charge in [0.15, 0.2) is 5.82 Å². The standard InChI is InChI=1S/C22H20F2N6O.ClH/c1-28-11-15(20-16(24)4-2-5-18(20)28)21-26-27-22(31)30(21)19-12-29(9-3-8-25)17-7-6-13(23)10-14(17)19;/h2,4-7,10-12H,3,8-9,25H2,1H3,(H,27,31);1H. The summed E-state index contributed by atoms with van der Waals surface area (Å²) in [5.74, 6) is -0.575. The molecule has 0 amide bonds. The number of rotatable bonds is 5. The van der Waals surface area contributed by atoms with Gasteiger partial charge in [0.2, 0.25) is 0 Å². The molecule has 0 aliphatic heterocycles. The van der Waals surface area contributed by atoms with Crippen molar-refractivity contribution in [1.29, 1.82) is 0 Å². The van der Waals surface area contributed by atoms with Crippen molar-refractivity contribution in [2.45, 2.75) is 13.0 Å². The Kier molecular flexibility index (Phi) is 5.62. The highest BCUT2D eigenvalue weighted by Gasteiger charge is 2.22. The number of aromatic amines is 1. The number of nitrogens with one attached hydrogen (secondary N) is 1. The van der Waals surface area contributed by atoms with Crippen LogP contribution in [0.1, 0.15) is 6.42 Å². The summed E-state index contributed by atoms with van der Waals surface area (Å²) in [6.45, 7) is 1.12. The Morgan fingerprint density at radius 2 is 1.94 bits per heavy atom. The van der Waals surface area contributed by atoms with Crippen LogP contribution < -0.4 is 11.4 Å². The van der Waals surface area contributed by atoms with E-state index < -0.39 is 17.3 Å². The molecule has 10 heteroatoms. The second-order valence-electron chi connectivity index (χ2n) is 7.49. The normalized spacial score (nSPS) is 11.4. The minimum Gasteiger partial charge on any atom is -0.350 e. The lowest BCUT2D eigenvalue weighted by atomic mass is 10.1. The number of nitrogens with zero attached hydrogens (tertiary/aromatic N) is 4. The average Bonchev–Trinajstić information content (AvgIpc) is 3.40. The largest absolute Gasteiger partial charge is 0.350 e. The third kappa shape index (κ3) is 3.30. The molecule has 7 nitrogen and oxygen atoms in total. The summed E-state index contributed by atoms with van der Waals surface area (Å²) in [6, 6.07) is 9.24. The maximum atomic E-state index is 14.7. The number of nitrogens with two attached hydrogens (primary N) is 1. The molecule has 3 aromatic heterocycles. The van der Waals surface area contributed by atoms with E-state index >= 15 is 0 Å². The molecule has 0 aliphatic carbocycles. The smallest absolute Gasteiger partial charge is 0.348 e. The second-order valence-corrected chi connectivity index (χ2v) is 7.49. The maximum Gasteiger partial charge on any atom is 0.348 e. The van der Waals surface area contributed by atoms with Crippen molar-refractivity contribution in [2.24, 2.45) is 12.8 Å². The Hall–Kier alpha value is -3.43. The van der Waals surface area contributed by atoms with E-state index in [2.05, 4.69) is 10.2 Å². The zero-order valence-corrected chi connectivity index (χ0v) is 18.0. The highest BCUT2D eigenvalue weighted by atomic mass is 35.5. The van der Waals surface area contributed by atoms with E-state index in [0.29, 0.717) is 40.6 Å². The minimum absolute atomic E-state index is 0. The molecule has 0 radical (unpaired) electrons. The van der Waals surface area contributed by atoms with E-state index in [0.717, 1.165) is 11.9 Å². The molecule has 3 N–H and O–H groups in total. The van der Waals surface area contributed by atoms with Crippen molar-refractivity contribution in [3.63, 3.8) is 0 Å². The van der Waals surface area contributed by atoms with Crippen molar-refractivity contribution in [1.82, 2.24) is 23.9 Å². The highest BCUT2D eigenvalue weighted by molar-refractivity contribution is 5.96. The van der Waals surface area contributed by atoms with Crippen LogP contribution in [0.15, 0.2) is 53.6 Å². The Morgan fingerprint density at radius 1 is 1.12 bits per heavy atom. The second kappa shape index (κ2) is 8.25. The molecule has 5 rings (SSSR count). The van der Waals surface area contributed by atoms with Gasteiger partial charge < -0.3 is 14.9 Å². The zero-order valence-electron chi connectivity index (χ0n) is 17.2. The lowest BCUT2D eigenvalue weighted by molar-refractivity contribution is 0.629. The van der Waals surface area contributed by atoms with E-state index in [9.17, 15) is 13.6 Å². The third-order valence-electron chi connectivity index (χ3n) is 5.54. The number of fused-ring (bicyclic) bond motifs is 2. The number of aromatic nitrogens is 5. The van der Waals surface area contributed by atoms with E-state index in [1.807, 2.05) is 4.57 Å². The van der Waals surface area contributed by atoms with Gasteiger partial charge in [-0.15, -0.1) is 12.4 Å². The number of halogens is 3. The predicted octanol–water partition coefficient (Wildman–Crippen LogP) is 3.72. The molecule has 5 aromatic rings. The fraction of sp³-hybridized carbons (Fsp3) is 0.182. The number of hydrogen-bond donors (Lipinski definition) is 2. The molecular weight excluding hydrogens is 438 g/mol. The van der Waals surface area contributed by atoms with Crippen LogP contribution >= 0.6 is 12.4 Å². The van der Waals surface area contributed by atoms with Gasteiger partial charge in [0, 0.05) is 42.3 Å². The molecule has 0 bridgehead atoms. The quantitative estimate of drug-likeness (QED) is 0.421. The highest BCUT2D eigenvalue weighted by Crippen LogP contribution is 2.33. The van der Waals surface area contributed by atoms with E-state index in [1.54, 1.807) is 42.2 Å². The number of H-pyrrole nitrogens is 1. The number of aryl methyl sites for hydroxylation is 2. The Morgan fingerprint density at radius 3 is 2.72 bits per heavy atom. The monoisotopic (exact) mass is 458 g/mol. The van der Waals surface area contributed by atoms with Gasteiger partial charge in [-0.3, -0.25) is 0 Å². The van der Waals surface area contributed by atoms with Crippen LogP contribution in [0.5, 0.6) is 0 Å². The first-order valence-corrected chi connectivity index (χ1v) is 9.89. The maximum absolute atomic E-state index is 14.7. The average molecular weight is 459 g/mol. The molecule has 0 saturated carbocycles. The van der Waals surface area contributed by atoms with Crippen LogP contribution in [0.3, 0.4) is 0 Å². The molecule has 3 heterocycles. The zero-order chi connectivity index (χ0) is 21.7. The molecular formula is C22H21ClF2N6O. The van der Waals surface area contributed by atoms with Crippen LogP contribution in [0.4, 0.5) is 8.78 Å². The molecule has 2 aromatic carbocycles. The lowest BCUT2D eigenvalue weighted by Crippen LogP contribution is -2.15. The van der Waals surface area contributed by atoms with Crippen molar-refractivity contribution in [3.8, 4) is 17.1 Å². The molecule has 0 aliphatic rings. The minimum atomic E-state index is -0.495. The van der Waals surface area contributed by atoms with Crippen LogP contribution in [-0.2, 0) is 13.6 Å². The molecule has 0 fully saturated rings. The van der Waals surface area contributed by atoms with Gasteiger partial charge in [0.05, 0.1) is 16.7 Å². The van der Waals surface area contributed by atoms with Gasteiger partial charge in [-0.1, -0.05) is 6.07 Å². The third-order valence-corrected chi connectivity index (χ3v) is 5.54. The molecule has 0 spiro atoms. The van der Waals surface area contributed by atoms with E-state index in [-0.39, 0.29) is 18.2 Å². The van der Waals surface area contributed by atoms with Gasteiger partial charge in [-0.2, -0.15) is 5.10 Å². The van der Waals surface area contributed by atoms with Crippen molar-refractivity contribution in [2.75, 3.05) is 6.54 Å². The molecule has 32 heavy (non-hydrogen) atoms. The van der Waals surface area contributed by atoms with Crippen LogP contribution in [0.2, 0.25) is 0 Å². The summed E-state index contributed by atoms with van der Waals surface area (Å²) in [6.07, 6.45) is 4.23. The SMILES string of the molecule is Cl.Cn1cc(-c2n[nH]c(=O)n2-c2cn(CCCN)c3ccc(F)cc23)c2c(F)cccc21. The van der Waals surface area contributed by atoms with Crippen molar-refractivity contribution in [3.05, 3.63) is 70.9 Å². The fourth-order valence-electron chi connectivity index (χ4n) is 4.15. The Labute approximate surface area is 187 Å². The molecule has 0 unspecified atom stereocenters. The lowest BCUT2D eigenvalue weighted by Gasteiger charge is -2.04.